The molecule has 0 aliphatic heterocycles. The molecule has 0 fully saturated rings. The minimum absolute atomic E-state index is 0.0327. The normalized spacial score (nSPS) is 12.1. The van der Waals surface area contributed by atoms with Crippen LogP contribution in [0.1, 0.15) is 18.9 Å². The van der Waals surface area contributed by atoms with E-state index in [1.165, 1.54) is 43.3 Å². The molecule has 0 saturated carbocycles. The first kappa shape index (κ1) is 19.4. The Hall–Kier alpha value is -1.97. The van der Waals surface area contributed by atoms with Crippen molar-refractivity contribution in [2.45, 2.75) is 30.1 Å². The van der Waals surface area contributed by atoms with Gasteiger partial charge in [0.05, 0.1) is 9.79 Å². The molecule has 0 aromatic heterocycles. The summed E-state index contributed by atoms with van der Waals surface area (Å²) in [7, 11) is -7.59. The van der Waals surface area contributed by atoms with Gasteiger partial charge in [-0.15, -0.1) is 0 Å². The number of aryl methyl sites for hydroxylation is 1. The average Bonchev–Trinajstić information content (AvgIpc) is 2.55. The Bertz CT molecular complexity index is 956. The summed E-state index contributed by atoms with van der Waals surface area (Å²) in [5.41, 5.74) is 0.517. The van der Waals surface area contributed by atoms with Crippen LogP contribution in [0.4, 0.5) is 10.1 Å². The van der Waals surface area contributed by atoms with Crippen LogP contribution in [0.2, 0.25) is 0 Å². The highest BCUT2D eigenvalue weighted by molar-refractivity contribution is 7.92. The van der Waals surface area contributed by atoms with E-state index in [0.717, 1.165) is 6.07 Å². The number of hydrogen-bond acceptors (Lipinski definition) is 4. The number of nitrogens with one attached hydrogen (secondary N) is 2. The van der Waals surface area contributed by atoms with E-state index in [-0.39, 0.29) is 15.5 Å². The van der Waals surface area contributed by atoms with Crippen LogP contribution in [0.3, 0.4) is 0 Å². The molecule has 2 N–H and O–H groups in total. The van der Waals surface area contributed by atoms with E-state index in [9.17, 15) is 21.2 Å². The second-order valence-electron chi connectivity index (χ2n) is 5.44. The van der Waals surface area contributed by atoms with Crippen LogP contribution in [0, 0.1) is 12.7 Å². The van der Waals surface area contributed by atoms with Gasteiger partial charge < -0.3 is 0 Å². The fourth-order valence-corrected chi connectivity index (χ4v) is 4.18. The van der Waals surface area contributed by atoms with E-state index in [4.69, 9.17) is 0 Å². The molecule has 0 unspecified atom stereocenters. The minimum Gasteiger partial charge on any atom is -0.280 e. The van der Waals surface area contributed by atoms with Gasteiger partial charge in [-0.25, -0.2) is 25.9 Å². The first-order valence-electron chi connectivity index (χ1n) is 7.54. The van der Waals surface area contributed by atoms with Crippen molar-refractivity contribution in [2.75, 3.05) is 11.3 Å². The van der Waals surface area contributed by atoms with Gasteiger partial charge in [0.25, 0.3) is 10.0 Å². The predicted molar refractivity (Wildman–Crippen MR) is 93.9 cm³/mol. The fraction of sp³-hybridized carbons (Fsp3) is 0.250. The summed E-state index contributed by atoms with van der Waals surface area (Å²) in [5, 5.41) is 0. The van der Waals surface area contributed by atoms with Crippen molar-refractivity contribution in [3.8, 4) is 0 Å². The van der Waals surface area contributed by atoms with Gasteiger partial charge >= 0.3 is 0 Å². The Morgan fingerprint density at radius 3 is 2.08 bits per heavy atom. The van der Waals surface area contributed by atoms with Crippen molar-refractivity contribution in [3.05, 3.63) is 53.8 Å². The van der Waals surface area contributed by atoms with Gasteiger partial charge in [0, 0.05) is 12.2 Å². The van der Waals surface area contributed by atoms with Gasteiger partial charge in [0.1, 0.15) is 5.82 Å². The van der Waals surface area contributed by atoms with Gasteiger partial charge in [-0.2, -0.15) is 0 Å². The molecule has 0 radical (unpaired) electrons. The summed E-state index contributed by atoms with van der Waals surface area (Å²) in [6.45, 7) is 3.69. The summed E-state index contributed by atoms with van der Waals surface area (Å²) in [6, 6.07) is 8.88. The quantitative estimate of drug-likeness (QED) is 0.765. The third-order valence-corrected chi connectivity index (χ3v) is 6.27. The van der Waals surface area contributed by atoms with Crippen LogP contribution >= 0.6 is 0 Å². The highest BCUT2D eigenvalue weighted by Crippen LogP contribution is 2.20. The maximum absolute atomic E-state index is 13.6. The lowest BCUT2D eigenvalue weighted by atomic mass is 10.2. The zero-order valence-corrected chi connectivity index (χ0v) is 15.4. The molecule has 2 aromatic rings. The maximum atomic E-state index is 13.6. The van der Waals surface area contributed by atoms with E-state index in [0.29, 0.717) is 18.5 Å². The van der Waals surface area contributed by atoms with Gasteiger partial charge in [-0.3, -0.25) is 4.72 Å². The second-order valence-corrected chi connectivity index (χ2v) is 8.89. The summed E-state index contributed by atoms with van der Waals surface area (Å²) >= 11 is 0. The van der Waals surface area contributed by atoms with Crippen molar-refractivity contribution < 1.29 is 21.2 Å². The summed E-state index contributed by atoms with van der Waals surface area (Å²) in [6.07, 6.45) is 0.657. The molecular formula is C16H19FN2O4S2. The van der Waals surface area contributed by atoms with Crippen molar-refractivity contribution in [2.24, 2.45) is 0 Å². The third kappa shape index (κ3) is 4.77. The Labute approximate surface area is 147 Å². The Balaban J connectivity index is 2.21. The molecule has 0 saturated heterocycles. The second kappa shape index (κ2) is 7.51. The number of anilines is 1. The van der Waals surface area contributed by atoms with Gasteiger partial charge in [-0.1, -0.05) is 13.0 Å². The first-order valence-corrected chi connectivity index (χ1v) is 10.5. The molecule has 2 aromatic carbocycles. The highest BCUT2D eigenvalue weighted by Gasteiger charge is 2.17. The summed E-state index contributed by atoms with van der Waals surface area (Å²) < 4.78 is 66.8. The Morgan fingerprint density at radius 2 is 1.52 bits per heavy atom. The lowest BCUT2D eigenvalue weighted by Gasteiger charge is -2.10. The summed E-state index contributed by atoms with van der Waals surface area (Å²) in [4.78, 5) is -0.179. The zero-order valence-electron chi connectivity index (χ0n) is 13.8. The van der Waals surface area contributed by atoms with E-state index >= 15 is 0 Å². The molecule has 0 bridgehead atoms. The molecule has 0 heterocycles. The van der Waals surface area contributed by atoms with Crippen LogP contribution in [0.5, 0.6) is 0 Å². The first-order chi connectivity index (χ1) is 11.7. The van der Waals surface area contributed by atoms with Crippen LogP contribution in [-0.4, -0.2) is 23.4 Å². The van der Waals surface area contributed by atoms with Crippen LogP contribution in [0.15, 0.2) is 52.3 Å². The molecule has 0 aliphatic rings. The molecule has 9 heteroatoms. The van der Waals surface area contributed by atoms with E-state index in [2.05, 4.69) is 9.44 Å². The molecular weight excluding hydrogens is 367 g/mol. The minimum atomic E-state index is -3.97. The largest absolute Gasteiger partial charge is 0.280 e. The topological polar surface area (TPSA) is 92.3 Å². The lowest BCUT2D eigenvalue weighted by molar-refractivity contribution is 0.581. The predicted octanol–water partition coefficient (Wildman–Crippen LogP) is 2.62. The average molecular weight is 386 g/mol. The van der Waals surface area contributed by atoms with E-state index in [1.54, 1.807) is 0 Å². The van der Waals surface area contributed by atoms with Gasteiger partial charge in [0.2, 0.25) is 10.0 Å². The van der Waals surface area contributed by atoms with Gasteiger partial charge in [0.15, 0.2) is 0 Å². The van der Waals surface area contributed by atoms with E-state index in [1.807, 2.05) is 6.92 Å². The standard InChI is InChI=1S/C16H19FN2O4S2/c1-3-10-18-24(20,21)14-8-5-13(6-9-14)19-25(22,23)15-7-4-12(2)16(17)11-15/h4-9,11,18-19H,3,10H2,1-2H3. The molecule has 0 aliphatic carbocycles. The van der Waals surface area contributed by atoms with Crippen LogP contribution in [0.25, 0.3) is 0 Å². The summed E-state index contributed by atoms with van der Waals surface area (Å²) in [5.74, 6) is -0.619. The fourth-order valence-electron chi connectivity index (χ4n) is 1.98. The Morgan fingerprint density at radius 1 is 0.920 bits per heavy atom. The smallest absolute Gasteiger partial charge is 0.261 e. The molecule has 0 amide bonds. The van der Waals surface area contributed by atoms with Crippen molar-refractivity contribution >= 4 is 25.7 Å². The zero-order chi connectivity index (χ0) is 18.7. The number of benzene rings is 2. The third-order valence-electron chi connectivity index (χ3n) is 3.41. The van der Waals surface area contributed by atoms with Crippen LogP contribution < -0.4 is 9.44 Å². The van der Waals surface area contributed by atoms with E-state index < -0.39 is 25.9 Å². The number of hydrogen-bond donors (Lipinski definition) is 2. The van der Waals surface area contributed by atoms with Crippen LogP contribution in [-0.2, 0) is 20.0 Å². The molecule has 25 heavy (non-hydrogen) atoms. The lowest BCUT2D eigenvalue weighted by Crippen LogP contribution is -2.24. The van der Waals surface area contributed by atoms with Gasteiger partial charge in [-0.05, 0) is 55.3 Å². The molecule has 0 atom stereocenters. The number of rotatable bonds is 7. The molecule has 0 spiro atoms. The van der Waals surface area contributed by atoms with Crippen molar-refractivity contribution in [1.29, 1.82) is 0 Å². The SMILES string of the molecule is CCCNS(=O)(=O)c1ccc(NS(=O)(=O)c2ccc(C)c(F)c2)cc1. The Kier molecular flexibility index (Phi) is 5.81. The van der Waals surface area contributed by atoms with Crippen molar-refractivity contribution in [1.82, 2.24) is 4.72 Å². The molecule has 6 nitrogen and oxygen atoms in total. The number of sulfonamides is 2. The monoisotopic (exact) mass is 386 g/mol. The van der Waals surface area contributed by atoms with Crippen molar-refractivity contribution in [3.63, 3.8) is 0 Å². The highest BCUT2D eigenvalue weighted by atomic mass is 32.2. The molecule has 2 rings (SSSR count). The number of halogens is 1. The molecule has 136 valence electrons. The maximum Gasteiger partial charge on any atom is 0.261 e.